The standard InChI is InChI=1S/C32H34F3N5O4/c1-2-20-23(34)5-4-17-10-19(41)11-21(26(17)20)28-27(35)29-22(13-36-28)30(39-9-6-24(42)25(43)15-39)38-31(37-29)44-16-32-7-3-8-40(32)14-18(33)12-32/h4-5,10-11,13,18,24-25,41-43H,2-3,6-9,12,14-16H2,1H3/t18-,24+,25-,32+/m1/s1. The van der Waals surface area contributed by atoms with Crippen LogP contribution in [0, 0.1) is 11.6 Å². The lowest BCUT2D eigenvalue weighted by molar-refractivity contribution is 0.00788. The summed E-state index contributed by atoms with van der Waals surface area (Å²) in [5, 5.41) is 32.3. The van der Waals surface area contributed by atoms with Crippen LogP contribution in [0.15, 0.2) is 30.5 Å². The fraction of sp³-hybridized carbons (Fsp3) is 0.469. The second-order valence-electron chi connectivity index (χ2n) is 12.2. The number of β-amino-alcohol motifs (C(OH)–C–C–N with tert-alkyl or cyclic N) is 1. The van der Waals surface area contributed by atoms with Crippen LogP contribution in [-0.4, -0.2) is 91.9 Å². The Morgan fingerprint density at radius 1 is 1.09 bits per heavy atom. The summed E-state index contributed by atoms with van der Waals surface area (Å²) in [4.78, 5) is 17.3. The number of benzene rings is 2. The molecular formula is C32H34F3N5O4. The molecule has 9 nitrogen and oxygen atoms in total. The van der Waals surface area contributed by atoms with Gasteiger partial charge in [-0.05, 0) is 66.8 Å². The minimum Gasteiger partial charge on any atom is -0.508 e. The summed E-state index contributed by atoms with van der Waals surface area (Å²) in [5.74, 6) is -1.09. The zero-order valence-corrected chi connectivity index (χ0v) is 24.3. The Kier molecular flexibility index (Phi) is 7.25. The number of aromatic hydroxyl groups is 1. The third kappa shape index (κ3) is 4.79. The molecule has 0 aliphatic carbocycles. The Hall–Kier alpha value is -3.74. The van der Waals surface area contributed by atoms with Crippen LogP contribution >= 0.6 is 0 Å². The lowest BCUT2D eigenvalue weighted by Crippen LogP contribution is -2.47. The van der Waals surface area contributed by atoms with Gasteiger partial charge in [-0.1, -0.05) is 13.0 Å². The predicted octanol–water partition coefficient (Wildman–Crippen LogP) is 4.28. The zero-order chi connectivity index (χ0) is 30.7. The molecule has 3 fully saturated rings. The predicted molar refractivity (Wildman–Crippen MR) is 159 cm³/mol. The SMILES string of the molecule is CCc1c(F)ccc2cc(O)cc(-c3ncc4c(N5CC[C@H](O)[C@H](O)C5)nc(OC[C@@]56CCCN5C[C@H](F)C6)nc4c3F)c12. The highest BCUT2D eigenvalue weighted by atomic mass is 19.1. The van der Waals surface area contributed by atoms with Crippen LogP contribution in [0.2, 0.25) is 0 Å². The van der Waals surface area contributed by atoms with E-state index >= 15 is 4.39 Å². The van der Waals surface area contributed by atoms with Crippen LogP contribution in [0.1, 0.15) is 38.2 Å². The van der Waals surface area contributed by atoms with E-state index in [-0.39, 0.29) is 59.3 Å². The lowest BCUT2D eigenvalue weighted by Gasteiger charge is -2.35. The van der Waals surface area contributed by atoms with Gasteiger partial charge in [-0.3, -0.25) is 9.88 Å². The Labute approximate surface area is 251 Å². The third-order valence-corrected chi connectivity index (χ3v) is 9.48. The maximum absolute atomic E-state index is 16.7. The Bertz CT molecular complexity index is 1760. The average Bonchev–Trinajstić information content (AvgIpc) is 3.53. The van der Waals surface area contributed by atoms with Gasteiger partial charge in [0.05, 0.1) is 23.1 Å². The zero-order valence-electron chi connectivity index (χ0n) is 24.3. The van der Waals surface area contributed by atoms with Gasteiger partial charge in [0.1, 0.15) is 41.4 Å². The molecule has 232 valence electrons. The number of halogens is 3. The van der Waals surface area contributed by atoms with Crippen LogP contribution in [0.3, 0.4) is 0 Å². The van der Waals surface area contributed by atoms with E-state index in [1.807, 2.05) is 0 Å². The third-order valence-electron chi connectivity index (χ3n) is 9.48. The van der Waals surface area contributed by atoms with Crippen LogP contribution in [0.25, 0.3) is 32.9 Å². The summed E-state index contributed by atoms with van der Waals surface area (Å²) in [6.07, 6.45) is 1.18. The molecule has 3 aliphatic rings. The summed E-state index contributed by atoms with van der Waals surface area (Å²) in [6, 6.07) is 5.61. The van der Waals surface area contributed by atoms with Gasteiger partial charge in [-0.25, -0.2) is 13.2 Å². The Morgan fingerprint density at radius 2 is 1.93 bits per heavy atom. The number of alkyl halides is 1. The fourth-order valence-corrected chi connectivity index (χ4v) is 7.31. The number of ether oxygens (including phenoxy) is 1. The largest absolute Gasteiger partial charge is 0.508 e. The highest BCUT2D eigenvalue weighted by molar-refractivity contribution is 6.01. The summed E-state index contributed by atoms with van der Waals surface area (Å²) < 4.78 is 52.1. The fourth-order valence-electron chi connectivity index (χ4n) is 7.31. The van der Waals surface area contributed by atoms with Crippen molar-refractivity contribution >= 4 is 27.5 Å². The van der Waals surface area contributed by atoms with E-state index in [4.69, 9.17) is 4.74 Å². The molecule has 12 heteroatoms. The van der Waals surface area contributed by atoms with Crippen molar-refractivity contribution in [2.45, 2.75) is 62.9 Å². The smallest absolute Gasteiger partial charge is 0.319 e. The van der Waals surface area contributed by atoms with E-state index in [1.165, 1.54) is 30.5 Å². The number of aliphatic hydroxyl groups excluding tert-OH is 2. The first-order chi connectivity index (χ1) is 21.2. The molecule has 7 rings (SSSR count). The molecule has 4 aromatic rings. The number of anilines is 1. The average molecular weight is 610 g/mol. The molecule has 0 spiro atoms. The first-order valence-corrected chi connectivity index (χ1v) is 15.1. The van der Waals surface area contributed by atoms with Gasteiger partial charge in [-0.2, -0.15) is 9.97 Å². The van der Waals surface area contributed by atoms with Gasteiger partial charge < -0.3 is 25.0 Å². The van der Waals surface area contributed by atoms with Gasteiger partial charge in [0.25, 0.3) is 0 Å². The molecule has 3 N–H and O–H groups in total. The van der Waals surface area contributed by atoms with Gasteiger partial charge >= 0.3 is 6.01 Å². The summed E-state index contributed by atoms with van der Waals surface area (Å²) in [5.41, 5.74) is -0.116. The van der Waals surface area contributed by atoms with E-state index in [0.717, 1.165) is 19.4 Å². The van der Waals surface area contributed by atoms with Gasteiger partial charge in [0.15, 0.2) is 5.82 Å². The van der Waals surface area contributed by atoms with Crippen molar-refractivity contribution in [1.82, 2.24) is 19.9 Å². The quantitative estimate of drug-likeness (QED) is 0.295. The number of nitrogens with zero attached hydrogens (tertiary/aromatic N) is 5. The molecule has 0 unspecified atom stereocenters. The number of rotatable bonds is 6. The van der Waals surface area contributed by atoms with E-state index in [2.05, 4.69) is 19.9 Å². The molecule has 0 saturated carbocycles. The van der Waals surface area contributed by atoms with E-state index in [1.54, 1.807) is 11.8 Å². The molecule has 0 amide bonds. The van der Waals surface area contributed by atoms with E-state index in [0.29, 0.717) is 42.3 Å². The highest BCUT2D eigenvalue weighted by Crippen LogP contribution is 2.42. The monoisotopic (exact) mass is 609 g/mol. The first-order valence-electron chi connectivity index (χ1n) is 15.1. The number of hydrogen-bond donors (Lipinski definition) is 3. The summed E-state index contributed by atoms with van der Waals surface area (Å²) >= 11 is 0. The molecule has 0 radical (unpaired) electrons. The Balaban J connectivity index is 1.37. The van der Waals surface area contributed by atoms with E-state index in [9.17, 15) is 24.1 Å². The lowest BCUT2D eigenvalue weighted by atomic mass is 9.94. The number of aliphatic hydroxyl groups is 2. The van der Waals surface area contributed by atoms with Crippen LogP contribution in [0.5, 0.6) is 11.8 Å². The van der Waals surface area contributed by atoms with Crippen molar-refractivity contribution in [3.05, 3.63) is 47.7 Å². The van der Waals surface area contributed by atoms with Gasteiger partial charge in [0, 0.05) is 37.8 Å². The minimum absolute atomic E-state index is 0.0493. The van der Waals surface area contributed by atoms with Crippen molar-refractivity contribution in [1.29, 1.82) is 0 Å². The van der Waals surface area contributed by atoms with Crippen molar-refractivity contribution in [3.63, 3.8) is 0 Å². The number of piperidine rings is 1. The van der Waals surface area contributed by atoms with Crippen molar-refractivity contribution in [2.24, 2.45) is 0 Å². The molecule has 4 atom stereocenters. The number of hydrogen-bond acceptors (Lipinski definition) is 9. The van der Waals surface area contributed by atoms with Crippen LogP contribution in [-0.2, 0) is 6.42 Å². The van der Waals surface area contributed by atoms with Crippen LogP contribution in [0.4, 0.5) is 19.0 Å². The second-order valence-corrected chi connectivity index (χ2v) is 12.2. The van der Waals surface area contributed by atoms with Crippen LogP contribution < -0.4 is 9.64 Å². The van der Waals surface area contributed by atoms with Gasteiger partial charge in [0.2, 0.25) is 0 Å². The maximum Gasteiger partial charge on any atom is 0.319 e. The number of aromatic nitrogens is 3. The molecule has 2 aromatic heterocycles. The molecular weight excluding hydrogens is 575 g/mol. The number of pyridine rings is 1. The normalized spacial score (nSPS) is 25.7. The number of phenols is 1. The molecule has 2 aromatic carbocycles. The first kappa shape index (κ1) is 29.0. The van der Waals surface area contributed by atoms with E-state index < -0.39 is 35.6 Å². The number of phenolic OH excluding ortho intramolecular Hbond substituents is 1. The number of aryl methyl sites for hydroxylation is 1. The Morgan fingerprint density at radius 3 is 2.73 bits per heavy atom. The van der Waals surface area contributed by atoms with Crippen molar-refractivity contribution in [2.75, 3.05) is 37.7 Å². The topological polar surface area (TPSA) is 115 Å². The molecule has 44 heavy (non-hydrogen) atoms. The molecule has 3 aliphatic heterocycles. The minimum atomic E-state index is -1.04. The molecule has 3 saturated heterocycles. The second kappa shape index (κ2) is 11.0. The number of fused-ring (bicyclic) bond motifs is 3. The van der Waals surface area contributed by atoms with Gasteiger partial charge in [-0.15, -0.1) is 0 Å². The highest BCUT2D eigenvalue weighted by Gasteiger charge is 2.49. The summed E-state index contributed by atoms with van der Waals surface area (Å²) in [7, 11) is 0. The molecule has 5 heterocycles. The molecule has 0 bridgehead atoms. The maximum atomic E-state index is 16.7. The summed E-state index contributed by atoms with van der Waals surface area (Å²) in [6.45, 7) is 3.45. The van der Waals surface area contributed by atoms with Crippen molar-refractivity contribution in [3.8, 4) is 23.0 Å². The van der Waals surface area contributed by atoms with Crippen molar-refractivity contribution < 1.29 is 33.2 Å².